The number of aromatic amines is 2. The number of H-pyrrole nitrogens is 2. The van der Waals surface area contributed by atoms with Crippen molar-refractivity contribution in [3.63, 3.8) is 0 Å². The molecule has 0 radical (unpaired) electrons. The second kappa shape index (κ2) is 8.05. The van der Waals surface area contributed by atoms with Gasteiger partial charge in [-0.15, -0.1) is 0 Å². The second-order valence-electron chi connectivity index (χ2n) is 8.80. The molecule has 6 aromatic rings. The van der Waals surface area contributed by atoms with Crippen LogP contribution in [0.1, 0.15) is 12.8 Å². The van der Waals surface area contributed by atoms with E-state index in [9.17, 15) is 4.79 Å². The number of nitrogens with zero attached hydrogens (tertiary/aromatic N) is 6. The minimum Gasteiger partial charge on any atom is -0.335 e. The minimum atomic E-state index is 0.0455. The van der Waals surface area contributed by atoms with Crippen LogP contribution in [0, 0.1) is 5.92 Å². The third-order valence-electron chi connectivity index (χ3n) is 6.26. The van der Waals surface area contributed by atoms with E-state index in [2.05, 4.69) is 40.4 Å². The predicted octanol–water partition coefficient (Wildman–Crippen LogP) is 4.37. The summed E-state index contributed by atoms with van der Waals surface area (Å²) in [5, 5.41) is 11.2. The molecule has 0 spiro atoms. The van der Waals surface area contributed by atoms with Crippen LogP contribution < -0.4 is 5.32 Å². The first-order chi connectivity index (χ1) is 17.7. The monoisotopic (exact) mass is 473 g/mol. The van der Waals surface area contributed by atoms with Crippen molar-refractivity contribution in [3.05, 3.63) is 67.5 Å². The molecule has 0 unspecified atom stereocenters. The Morgan fingerprint density at radius 1 is 0.972 bits per heavy atom. The highest BCUT2D eigenvalue weighted by Gasteiger charge is 2.29. The van der Waals surface area contributed by atoms with Crippen LogP contribution in [0.5, 0.6) is 0 Å². The van der Waals surface area contributed by atoms with Crippen LogP contribution in [0.3, 0.4) is 0 Å². The Morgan fingerprint density at radius 2 is 1.86 bits per heavy atom. The lowest BCUT2D eigenvalue weighted by Gasteiger charge is -2.06. The number of fused-ring (bicyclic) bond motifs is 2. The molecule has 6 aromatic heterocycles. The summed E-state index contributed by atoms with van der Waals surface area (Å²) in [6.07, 6.45) is 12.3. The quantitative estimate of drug-likeness (QED) is 0.338. The standard InChI is InChI=1S/C26H19N9O/c36-26(14-4-5-14)31-17-7-15(9-27-11-17)16-8-18-23(34-35-24(18)30-10-16)25-32-21-13-28-12-19(22(21)33-25)20-3-1-2-6-29-20/h1-3,6-14H,4-5H2,(H,31,36)(H,32,33)(H,30,34,35). The van der Waals surface area contributed by atoms with Gasteiger partial charge in [-0.25, -0.2) is 9.97 Å². The molecule has 1 aliphatic carbocycles. The molecule has 0 aromatic carbocycles. The molecular formula is C26H19N9O. The molecule has 0 saturated heterocycles. The average molecular weight is 474 g/mol. The molecule has 10 heteroatoms. The number of carbonyl (C=O) groups is 1. The van der Waals surface area contributed by atoms with Gasteiger partial charge in [0.2, 0.25) is 5.91 Å². The molecule has 0 atom stereocenters. The van der Waals surface area contributed by atoms with E-state index in [4.69, 9.17) is 4.98 Å². The highest BCUT2D eigenvalue weighted by molar-refractivity contribution is 5.97. The van der Waals surface area contributed by atoms with Crippen LogP contribution in [0.4, 0.5) is 5.69 Å². The van der Waals surface area contributed by atoms with Crippen LogP contribution in [0.25, 0.3) is 56.0 Å². The van der Waals surface area contributed by atoms with Crippen molar-refractivity contribution in [3.8, 4) is 33.9 Å². The Morgan fingerprint density at radius 3 is 2.72 bits per heavy atom. The van der Waals surface area contributed by atoms with E-state index in [1.54, 1.807) is 37.2 Å². The zero-order chi connectivity index (χ0) is 24.1. The summed E-state index contributed by atoms with van der Waals surface area (Å²) in [5.41, 5.74) is 6.85. The van der Waals surface area contributed by atoms with Crippen molar-refractivity contribution in [2.75, 3.05) is 5.32 Å². The zero-order valence-electron chi connectivity index (χ0n) is 18.9. The molecule has 1 amide bonds. The van der Waals surface area contributed by atoms with Crippen molar-refractivity contribution in [1.82, 2.24) is 40.1 Å². The lowest BCUT2D eigenvalue weighted by atomic mass is 10.1. The number of hydrogen-bond acceptors (Lipinski definition) is 7. The van der Waals surface area contributed by atoms with Crippen molar-refractivity contribution < 1.29 is 4.79 Å². The maximum absolute atomic E-state index is 12.2. The molecule has 1 fully saturated rings. The molecule has 1 aliphatic rings. The van der Waals surface area contributed by atoms with Gasteiger partial charge in [-0.2, -0.15) is 5.10 Å². The Bertz CT molecular complexity index is 1750. The SMILES string of the molecule is O=C(Nc1cncc(-c2cnc3[nH]nc(-c4nc5c(-c6ccccn6)cncc5[nH]4)c3c2)c1)C1CC1. The topological polar surface area (TPSA) is 138 Å². The fourth-order valence-corrected chi connectivity index (χ4v) is 4.25. The molecule has 0 aliphatic heterocycles. The molecule has 10 nitrogen and oxygen atoms in total. The molecule has 1 saturated carbocycles. The van der Waals surface area contributed by atoms with Crippen LogP contribution in [-0.4, -0.2) is 46.0 Å². The third kappa shape index (κ3) is 3.56. The maximum atomic E-state index is 12.2. The largest absolute Gasteiger partial charge is 0.335 e. The highest BCUT2D eigenvalue weighted by atomic mass is 16.2. The first kappa shape index (κ1) is 20.4. The molecule has 6 heterocycles. The number of carbonyl (C=O) groups excluding carboxylic acids is 1. The lowest BCUT2D eigenvalue weighted by Crippen LogP contribution is -2.13. The fraction of sp³-hybridized carbons (Fsp3) is 0.115. The van der Waals surface area contributed by atoms with Crippen LogP contribution in [-0.2, 0) is 4.79 Å². The summed E-state index contributed by atoms with van der Waals surface area (Å²) in [6.45, 7) is 0. The van der Waals surface area contributed by atoms with Gasteiger partial charge in [0, 0.05) is 47.4 Å². The van der Waals surface area contributed by atoms with Crippen molar-refractivity contribution in [2.24, 2.45) is 5.92 Å². The van der Waals surface area contributed by atoms with Crippen LogP contribution in [0.2, 0.25) is 0 Å². The lowest BCUT2D eigenvalue weighted by molar-refractivity contribution is -0.117. The molecule has 3 N–H and O–H groups in total. The Balaban J connectivity index is 1.28. The predicted molar refractivity (Wildman–Crippen MR) is 135 cm³/mol. The number of rotatable bonds is 5. The van der Waals surface area contributed by atoms with Gasteiger partial charge < -0.3 is 10.3 Å². The van der Waals surface area contributed by atoms with E-state index in [0.29, 0.717) is 22.9 Å². The Hall–Kier alpha value is -4.99. The molecule has 36 heavy (non-hydrogen) atoms. The van der Waals surface area contributed by atoms with E-state index < -0.39 is 0 Å². The average Bonchev–Trinajstić information content (AvgIpc) is 3.55. The summed E-state index contributed by atoms with van der Waals surface area (Å²) in [7, 11) is 0. The number of aromatic nitrogens is 8. The molecule has 174 valence electrons. The summed E-state index contributed by atoms with van der Waals surface area (Å²) in [6, 6.07) is 9.64. The van der Waals surface area contributed by atoms with Gasteiger partial charge >= 0.3 is 0 Å². The summed E-state index contributed by atoms with van der Waals surface area (Å²) < 4.78 is 0. The van der Waals surface area contributed by atoms with E-state index >= 15 is 0 Å². The Kier molecular flexibility index (Phi) is 4.56. The van der Waals surface area contributed by atoms with E-state index in [-0.39, 0.29) is 11.8 Å². The van der Waals surface area contributed by atoms with Crippen molar-refractivity contribution >= 4 is 33.7 Å². The number of hydrogen-bond donors (Lipinski definition) is 3. The number of nitrogens with one attached hydrogen (secondary N) is 3. The van der Waals surface area contributed by atoms with Crippen molar-refractivity contribution in [1.29, 1.82) is 0 Å². The first-order valence-electron chi connectivity index (χ1n) is 11.6. The normalized spacial score (nSPS) is 13.3. The number of amides is 1. The van der Waals surface area contributed by atoms with Crippen LogP contribution >= 0.6 is 0 Å². The zero-order valence-corrected chi connectivity index (χ0v) is 18.9. The number of imidazole rings is 1. The fourth-order valence-electron chi connectivity index (χ4n) is 4.25. The third-order valence-corrected chi connectivity index (χ3v) is 6.26. The van der Waals surface area contributed by atoms with Gasteiger partial charge in [0.05, 0.1) is 34.7 Å². The van der Waals surface area contributed by atoms with Gasteiger partial charge in [-0.05, 0) is 37.1 Å². The summed E-state index contributed by atoms with van der Waals surface area (Å²) in [4.78, 5) is 38.0. The second-order valence-corrected chi connectivity index (χ2v) is 8.80. The van der Waals surface area contributed by atoms with Gasteiger partial charge in [0.1, 0.15) is 11.2 Å². The molecule has 7 rings (SSSR count). The first-order valence-corrected chi connectivity index (χ1v) is 11.6. The Labute approximate surface area is 204 Å². The number of anilines is 1. The minimum absolute atomic E-state index is 0.0455. The number of pyridine rings is 4. The highest BCUT2D eigenvalue weighted by Crippen LogP contribution is 2.33. The van der Waals surface area contributed by atoms with Gasteiger partial charge in [-0.3, -0.25) is 24.8 Å². The molecular weight excluding hydrogens is 454 g/mol. The summed E-state index contributed by atoms with van der Waals surface area (Å²) in [5.74, 6) is 0.769. The van der Waals surface area contributed by atoms with Gasteiger partial charge in [0.15, 0.2) is 11.5 Å². The van der Waals surface area contributed by atoms with E-state index in [1.807, 2.05) is 30.3 Å². The van der Waals surface area contributed by atoms with Gasteiger partial charge in [0.25, 0.3) is 0 Å². The van der Waals surface area contributed by atoms with Crippen molar-refractivity contribution in [2.45, 2.75) is 12.8 Å². The molecule has 0 bridgehead atoms. The van der Waals surface area contributed by atoms with Gasteiger partial charge in [-0.1, -0.05) is 6.07 Å². The van der Waals surface area contributed by atoms with E-state index in [0.717, 1.165) is 51.6 Å². The summed E-state index contributed by atoms with van der Waals surface area (Å²) >= 11 is 0. The van der Waals surface area contributed by atoms with Crippen LogP contribution in [0.15, 0.2) is 67.5 Å². The van der Waals surface area contributed by atoms with E-state index in [1.165, 1.54) is 0 Å². The smallest absolute Gasteiger partial charge is 0.227 e. The maximum Gasteiger partial charge on any atom is 0.227 e.